The minimum atomic E-state index is -8.00. The maximum atomic E-state index is 14.1. The first kappa shape index (κ1) is 33.6. The van der Waals surface area contributed by atoms with Crippen LogP contribution in [0.1, 0.15) is 32.3 Å². The highest BCUT2D eigenvalue weighted by Gasteiger charge is 2.90. The second-order valence-electron chi connectivity index (χ2n) is 8.50. The normalized spacial score (nSPS) is 15.8. The monoisotopic (exact) mass is 583 g/mol. The van der Waals surface area contributed by atoms with Crippen LogP contribution in [0.15, 0.2) is 30.3 Å². The lowest BCUT2D eigenvalue weighted by Crippen LogP contribution is -2.70. The van der Waals surface area contributed by atoms with Gasteiger partial charge in [0, 0.05) is 6.42 Å². The highest BCUT2D eigenvalue weighted by Crippen LogP contribution is 2.60. The minimum absolute atomic E-state index is 0.332. The Morgan fingerprint density at radius 2 is 1.29 bits per heavy atom. The van der Waals surface area contributed by atoms with Crippen LogP contribution < -0.4 is 5.32 Å². The molecule has 0 aromatic heterocycles. The standard InChI is InChI=1S/C21H22F13NO3/c1-11(2)38-15(37)35-13(10-12-6-4-3-5-7-12)14(36)8-9-16(22,23)17(24,25)18(26,27)19(28,29)20(30,31)21(32,33)34/h3-7,11,13-14,36H,8-10H2,1-2H3,(H,35,37)/t13-,14-/m0/s1. The highest BCUT2D eigenvalue weighted by atomic mass is 19.4. The van der Waals surface area contributed by atoms with Gasteiger partial charge in [0.2, 0.25) is 0 Å². The third-order valence-corrected chi connectivity index (χ3v) is 5.16. The van der Waals surface area contributed by atoms with E-state index in [4.69, 9.17) is 4.74 Å². The Hall–Kier alpha value is -2.46. The van der Waals surface area contributed by atoms with E-state index in [0.29, 0.717) is 5.56 Å². The molecule has 0 spiro atoms. The van der Waals surface area contributed by atoms with Gasteiger partial charge in [-0.2, -0.15) is 57.1 Å². The number of aliphatic hydroxyl groups excluding tert-OH is 1. The van der Waals surface area contributed by atoms with Crippen LogP contribution in [0.25, 0.3) is 0 Å². The summed E-state index contributed by atoms with van der Waals surface area (Å²) >= 11 is 0. The van der Waals surface area contributed by atoms with Crippen LogP contribution >= 0.6 is 0 Å². The predicted molar refractivity (Wildman–Crippen MR) is 105 cm³/mol. The summed E-state index contributed by atoms with van der Waals surface area (Å²) in [5.41, 5.74) is 0.332. The predicted octanol–water partition coefficient (Wildman–Crippen LogP) is 6.61. The first-order chi connectivity index (χ1) is 16.9. The van der Waals surface area contributed by atoms with E-state index in [0.717, 1.165) is 0 Å². The molecule has 220 valence electrons. The summed E-state index contributed by atoms with van der Waals surface area (Å²) in [6.45, 7) is 2.78. The summed E-state index contributed by atoms with van der Waals surface area (Å²) in [5, 5.41) is 12.3. The molecule has 0 radical (unpaired) electrons. The molecule has 0 aliphatic rings. The number of benzene rings is 1. The van der Waals surface area contributed by atoms with Crippen molar-refractivity contribution in [1.29, 1.82) is 0 Å². The average molecular weight is 583 g/mol. The van der Waals surface area contributed by atoms with Crippen molar-refractivity contribution in [2.75, 3.05) is 0 Å². The van der Waals surface area contributed by atoms with Crippen LogP contribution in [0.5, 0.6) is 0 Å². The van der Waals surface area contributed by atoms with Crippen molar-refractivity contribution < 1.29 is 71.7 Å². The lowest BCUT2D eigenvalue weighted by Gasteiger charge is -2.40. The number of hydrogen-bond acceptors (Lipinski definition) is 3. The van der Waals surface area contributed by atoms with Crippen molar-refractivity contribution in [2.45, 2.75) is 87.1 Å². The van der Waals surface area contributed by atoms with E-state index >= 15 is 0 Å². The summed E-state index contributed by atoms with van der Waals surface area (Å²) < 4.78 is 177. The van der Waals surface area contributed by atoms with E-state index in [9.17, 15) is 67.0 Å². The topological polar surface area (TPSA) is 58.6 Å². The number of ether oxygens (including phenoxy) is 1. The van der Waals surface area contributed by atoms with Crippen LogP contribution in [-0.4, -0.2) is 65.2 Å². The maximum absolute atomic E-state index is 14.1. The maximum Gasteiger partial charge on any atom is 0.460 e. The summed E-state index contributed by atoms with van der Waals surface area (Å²) in [7, 11) is 0. The van der Waals surface area contributed by atoms with Crippen LogP contribution in [0.2, 0.25) is 0 Å². The number of nitrogens with one attached hydrogen (secondary N) is 1. The van der Waals surface area contributed by atoms with Gasteiger partial charge in [0.05, 0.1) is 18.2 Å². The fraction of sp³-hybridized carbons (Fsp3) is 0.667. The van der Waals surface area contributed by atoms with Crippen molar-refractivity contribution in [2.24, 2.45) is 0 Å². The molecule has 38 heavy (non-hydrogen) atoms. The first-order valence-electron chi connectivity index (χ1n) is 10.6. The molecule has 0 heterocycles. The molecule has 1 amide bonds. The number of alkyl halides is 13. The van der Waals surface area contributed by atoms with Gasteiger partial charge < -0.3 is 15.2 Å². The molecular weight excluding hydrogens is 561 g/mol. The van der Waals surface area contributed by atoms with E-state index in [1.54, 1.807) is 0 Å². The van der Waals surface area contributed by atoms with Gasteiger partial charge in [-0.25, -0.2) is 4.79 Å². The number of rotatable bonds is 12. The zero-order chi connectivity index (χ0) is 30.0. The van der Waals surface area contributed by atoms with Crippen molar-refractivity contribution in [1.82, 2.24) is 5.32 Å². The first-order valence-corrected chi connectivity index (χ1v) is 10.6. The van der Waals surface area contributed by atoms with E-state index in [1.165, 1.54) is 44.2 Å². The molecule has 17 heteroatoms. The average Bonchev–Trinajstić information content (AvgIpc) is 2.75. The van der Waals surface area contributed by atoms with Crippen LogP contribution in [0.3, 0.4) is 0 Å². The Morgan fingerprint density at radius 1 is 0.816 bits per heavy atom. The quantitative estimate of drug-likeness (QED) is 0.273. The van der Waals surface area contributed by atoms with Gasteiger partial charge in [0.25, 0.3) is 0 Å². The fourth-order valence-corrected chi connectivity index (χ4v) is 3.04. The number of carbonyl (C=O) groups is 1. The molecule has 0 aliphatic heterocycles. The van der Waals surface area contributed by atoms with Crippen molar-refractivity contribution >= 4 is 6.09 Å². The SMILES string of the molecule is CC(C)OC(=O)N[C@@H](Cc1ccccc1)[C@@H](O)CCC(F)(F)C(F)(F)C(F)(F)C(F)(F)C(F)(F)C(F)(F)F. The Labute approximate surface area is 207 Å². The number of alkyl carbamates (subject to hydrolysis) is 1. The molecule has 0 aliphatic carbocycles. The molecule has 0 unspecified atom stereocenters. The molecular formula is C21H22F13NO3. The number of aliphatic hydroxyl groups is 1. The zero-order valence-electron chi connectivity index (χ0n) is 19.4. The van der Waals surface area contributed by atoms with Gasteiger partial charge in [0.1, 0.15) is 0 Å². The third kappa shape index (κ3) is 6.75. The second kappa shape index (κ2) is 11.3. The van der Waals surface area contributed by atoms with Crippen molar-refractivity contribution in [3.8, 4) is 0 Å². The van der Waals surface area contributed by atoms with Gasteiger partial charge in [-0.05, 0) is 32.3 Å². The molecule has 4 nitrogen and oxygen atoms in total. The van der Waals surface area contributed by atoms with E-state index in [-0.39, 0.29) is 6.42 Å². The summed E-state index contributed by atoms with van der Waals surface area (Å²) in [4.78, 5) is 11.9. The van der Waals surface area contributed by atoms with Gasteiger partial charge in [0.15, 0.2) is 0 Å². The van der Waals surface area contributed by atoms with Crippen LogP contribution in [0.4, 0.5) is 61.9 Å². The molecule has 0 saturated carbocycles. The Bertz CT molecular complexity index is 921. The summed E-state index contributed by atoms with van der Waals surface area (Å²) in [6, 6.07) is 5.71. The highest BCUT2D eigenvalue weighted by molar-refractivity contribution is 5.67. The summed E-state index contributed by atoms with van der Waals surface area (Å²) in [5.74, 6) is -37.5. The Kier molecular flexibility index (Phi) is 10.0. The minimum Gasteiger partial charge on any atom is -0.447 e. The van der Waals surface area contributed by atoms with E-state index < -0.39 is 73.0 Å². The number of halogens is 13. The van der Waals surface area contributed by atoms with Gasteiger partial charge >= 0.3 is 41.9 Å². The molecule has 1 rings (SSSR count). The molecule has 0 bridgehead atoms. The smallest absolute Gasteiger partial charge is 0.447 e. The Morgan fingerprint density at radius 3 is 1.74 bits per heavy atom. The second-order valence-corrected chi connectivity index (χ2v) is 8.50. The third-order valence-electron chi connectivity index (χ3n) is 5.16. The van der Waals surface area contributed by atoms with Gasteiger partial charge in [-0.1, -0.05) is 30.3 Å². The Balaban J connectivity index is 3.20. The number of hydrogen-bond donors (Lipinski definition) is 2. The van der Waals surface area contributed by atoms with Crippen molar-refractivity contribution in [3.05, 3.63) is 35.9 Å². The molecule has 1 aromatic carbocycles. The van der Waals surface area contributed by atoms with Crippen LogP contribution in [0, 0.1) is 0 Å². The molecule has 0 fully saturated rings. The fourth-order valence-electron chi connectivity index (χ4n) is 3.04. The molecule has 2 N–H and O–H groups in total. The number of amides is 1. The zero-order valence-corrected chi connectivity index (χ0v) is 19.4. The molecule has 2 atom stereocenters. The van der Waals surface area contributed by atoms with E-state index in [2.05, 4.69) is 0 Å². The molecule has 1 aromatic rings. The summed E-state index contributed by atoms with van der Waals surface area (Å²) in [6.07, 6.45) is -16.3. The molecule has 0 saturated heterocycles. The number of carbonyl (C=O) groups excluding carboxylic acids is 1. The van der Waals surface area contributed by atoms with Crippen molar-refractivity contribution in [3.63, 3.8) is 0 Å². The van der Waals surface area contributed by atoms with Crippen LogP contribution in [-0.2, 0) is 11.2 Å². The van der Waals surface area contributed by atoms with Gasteiger partial charge in [-0.3, -0.25) is 0 Å². The van der Waals surface area contributed by atoms with Gasteiger partial charge in [-0.15, -0.1) is 0 Å². The van der Waals surface area contributed by atoms with E-state index in [1.807, 2.05) is 5.32 Å². The lowest BCUT2D eigenvalue weighted by molar-refractivity contribution is -0.440. The largest absolute Gasteiger partial charge is 0.460 e. The lowest BCUT2D eigenvalue weighted by atomic mass is 9.90.